The van der Waals surface area contributed by atoms with Crippen LogP contribution >= 0.6 is 69.3 Å². The highest BCUT2D eigenvalue weighted by Gasteiger charge is 2.35. The van der Waals surface area contributed by atoms with Crippen LogP contribution in [0.1, 0.15) is 31.7 Å². The lowest BCUT2D eigenvalue weighted by molar-refractivity contribution is -0.140. The van der Waals surface area contributed by atoms with Crippen LogP contribution in [0.25, 0.3) is 0 Å². The van der Waals surface area contributed by atoms with Gasteiger partial charge in [0.1, 0.15) is 15.9 Å². The molecule has 0 saturated carbocycles. The van der Waals surface area contributed by atoms with E-state index in [2.05, 4.69) is 10.3 Å². The summed E-state index contributed by atoms with van der Waals surface area (Å²) in [6, 6.07) is -0.755. The van der Waals surface area contributed by atoms with Gasteiger partial charge in [0.2, 0.25) is 11.8 Å². The van der Waals surface area contributed by atoms with Crippen LogP contribution in [0.15, 0.2) is 11.6 Å². The van der Waals surface area contributed by atoms with Gasteiger partial charge in [0, 0.05) is 31.0 Å². The Morgan fingerprint density at radius 3 is 2.41 bits per heavy atom. The van der Waals surface area contributed by atoms with Crippen molar-refractivity contribution in [2.75, 3.05) is 7.05 Å². The third-order valence-electron chi connectivity index (χ3n) is 4.13. The second-order valence-electron chi connectivity index (χ2n) is 6.36. The third-order valence-corrected chi connectivity index (χ3v) is 6.88. The van der Waals surface area contributed by atoms with Gasteiger partial charge in [-0.25, -0.2) is 4.98 Å². The van der Waals surface area contributed by atoms with E-state index in [9.17, 15) is 9.59 Å². The van der Waals surface area contributed by atoms with Crippen LogP contribution in [0.3, 0.4) is 0 Å². The molecule has 1 N–H and O–H groups in total. The Morgan fingerprint density at radius 1 is 1.30 bits per heavy atom. The van der Waals surface area contributed by atoms with Crippen molar-refractivity contribution in [2.24, 2.45) is 11.8 Å². The largest absolute Gasteiger partial charge is 0.348 e. The zero-order valence-electron chi connectivity index (χ0n) is 15.1. The van der Waals surface area contributed by atoms with Crippen molar-refractivity contribution in [2.45, 2.75) is 47.9 Å². The molecule has 1 rings (SSSR count). The molecule has 11 heteroatoms. The van der Waals surface area contributed by atoms with E-state index in [-0.39, 0.29) is 30.7 Å². The minimum Gasteiger partial charge on any atom is -0.348 e. The predicted molar refractivity (Wildman–Crippen MR) is 114 cm³/mol. The minimum atomic E-state index is -1.57. The molecule has 1 aromatic rings. The van der Waals surface area contributed by atoms with Gasteiger partial charge < -0.3 is 10.2 Å². The maximum atomic E-state index is 12.7. The third kappa shape index (κ3) is 8.50. The van der Waals surface area contributed by atoms with Crippen molar-refractivity contribution in [1.82, 2.24) is 15.2 Å². The number of nitrogens with zero attached hydrogens (tertiary/aromatic N) is 2. The number of amides is 2. The number of thiazole rings is 1. The van der Waals surface area contributed by atoms with E-state index in [0.29, 0.717) is 6.42 Å². The summed E-state index contributed by atoms with van der Waals surface area (Å²) in [7, 11) is 1.55. The number of carbonyl (C=O) groups is 2. The highest BCUT2D eigenvalue weighted by Crippen LogP contribution is 2.37. The summed E-state index contributed by atoms with van der Waals surface area (Å²) in [5.41, 5.74) is 0. The van der Waals surface area contributed by atoms with Gasteiger partial charge in [-0.3, -0.25) is 9.59 Å². The summed E-state index contributed by atoms with van der Waals surface area (Å²) in [6.45, 7) is 3.75. The van der Waals surface area contributed by atoms with Crippen LogP contribution in [-0.4, -0.2) is 43.4 Å². The second-order valence-corrected chi connectivity index (χ2v) is 10.9. The first-order chi connectivity index (χ1) is 12.4. The van der Waals surface area contributed by atoms with Crippen molar-refractivity contribution in [1.29, 1.82) is 0 Å². The monoisotopic (exact) mass is 495 g/mol. The SMILES string of the molecule is C[C@@H](C[C@H](C(=O)NCc1nccs1)N(C)C(=O)C[C@H](C)C(Cl)(Cl)Cl)C(Cl)Cl. The summed E-state index contributed by atoms with van der Waals surface area (Å²) < 4.78 is -1.57. The molecule has 0 aliphatic rings. The van der Waals surface area contributed by atoms with Crippen molar-refractivity contribution in [3.8, 4) is 0 Å². The van der Waals surface area contributed by atoms with E-state index in [0.717, 1.165) is 5.01 Å². The van der Waals surface area contributed by atoms with Gasteiger partial charge in [-0.2, -0.15) is 0 Å². The van der Waals surface area contributed by atoms with Crippen LogP contribution in [0.5, 0.6) is 0 Å². The number of hydrogen-bond donors (Lipinski definition) is 1. The lowest BCUT2D eigenvalue weighted by Crippen LogP contribution is -2.49. The van der Waals surface area contributed by atoms with Gasteiger partial charge in [0.05, 0.1) is 6.54 Å². The Labute approximate surface area is 188 Å². The van der Waals surface area contributed by atoms with Crippen LogP contribution in [-0.2, 0) is 16.1 Å². The van der Waals surface area contributed by atoms with Gasteiger partial charge in [0.15, 0.2) is 3.79 Å². The van der Waals surface area contributed by atoms with E-state index >= 15 is 0 Å². The Bertz CT molecular complexity index is 610. The average Bonchev–Trinajstić information content (AvgIpc) is 3.09. The number of likely N-dealkylation sites (N-methyl/N-ethyl adjacent to an activating group) is 1. The number of alkyl halides is 5. The Morgan fingerprint density at radius 2 is 1.93 bits per heavy atom. The van der Waals surface area contributed by atoms with E-state index in [1.165, 1.54) is 16.2 Å². The molecular weight excluding hydrogens is 476 g/mol. The molecule has 1 heterocycles. The quantitative estimate of drug-likeness (QED) is 0.498. The van der Waals surface area contributed by atoms with E-state index in [1.54, 1.807) is 20.2 Å². The molecule has 5 nitrogen and oxygen atoms in total. The van der Waals surface area contributed by atoms with Crippen molar-refractivity contribution >= 4 is 81.2 Å². The first-order valence-electron chi connectivity index (χ1n) is 8.20. The summed E-state index contributed by atoms with van der Waals surface area (Å²) in [5.74, 6) is -1.34. The zero-order valence-corrected chi connectivity index (χ0v) is 19.7. The Balaban J connectivity index is 2.84. The van der Waals surface area contributed by atoms with Crippen LogP contribution in [0.4, 0.5) is 0 Å². The lowest BCUT2D eigenvalue weighted by Gasteiger charge is -2.31. The molecule has 0 aliphatic heterocycles. The molecule has 27 heavy (non-hydrogen) atoms. The van der Waals surface area contributed by atoms with Crippen LogP contribution < -0.4 is 5.32 Å². The van der Waals surface area contributed by atoms with Gasteiger partial charge in [-0.15, -0.1) is 34.5 Å². The Hall–Kier alpha value is 0.0200. The number of nitrogens with one attached hydrogen (secondary N) is 1. The number of halogens is 5. The van der Waals surface area contributed by atoms with Crippen molar-refractivity contribution < 1.29 is 9.59 Å². The normalized spacial score (nSPS) is 15.3. The molecule has 1 aromatic heterocycles. The molecule has 0 unspecified atom stereocenters. The number of hydrogen-bond acceptors (Lipinski definition) is 4. The molecular formula is C16H22Cl5N3O2S. The predicted octanol–water partition coefficient (Wildman–Crippen LogP) is 4.81. The van der Waals surface area contributed by atoms with Gasteiger partial charge in [0.25, 0.3) is 0 Å². The number of rotatable bonds is 9. The van der Waals surface area contributed by atoms with Crippen LogP contribution in [0.2, 0.25) is 0 Å². The Kier molecular flexibility index (Phi) is 10.5. The minimum absolute atomic E-state index is 0.0111. The standard InChI is InChI=1S/C16H22Cl5N3O2S/c1-9(14(17)18)6-11(15(26)23-8-12-22-4-5-27-12)24(3)13(25)7-10(2)16(19,20)21/h4-5,9-11,14H,6-8H2,1-3H3,(H,23,26)/t9-,10-,11+/m0/s1. The van der Waals surface area contributed by atoms with E-state index in [4.69, 9.17) is 58.0 Å². The van der Waals surface area contributed by atoms with Crippen molar-refractivity contribution in [3.05, 3.63) is 16.6 Å². The van der Waals surface area contributed by atoms with Crippen molar-refractivity contribution in [3.63, 3.8) is 0 Å². The fourth-order valence-corrected chi connectivity index (χ4v) is 3.21. The molecule has 0 radical (unpaired) electrons. The molecule has 0 saturated heterocycles. The van der Waals surface area contributed by atoms with E-state index < -0.39 is 20.6 Å². The number of aromatic nitrogens is 1. The van der Waals surface area contributed by atoms with Gasteiger partial charge >= 0.3 is 0 Å². The molecule has 0 spiro atoms. The molecule has 3 atom stereocenters. The zero-order chi connectivity index (χ0) is 20.8. The van der Waals surface area contributed by atoms with Gasteiger partial charge in [-0.1, -0.05) is 48.7 Å². The first-order valence-corrected chi connectivity index (χ1v) is 11.1. The van der Waals surface area contributed by atoms with E-state index in [1.807, 2.05) is 12.3 Å². The smallest absolute Gasteiger partial charge is 0.243 e. The maximum Gasteiger partial charge on any atom is 0.243 e. The average molecular weight is 498 g/mol. The fraction of sp³-hybridized carbons (Fsp3) is 0.688. The van der Waals surface area contributed by atoms with Gasteiger partial charge in [-0.05, 0) is 12.3 Å². The first kappa shape index (κ1) is 25.1. The summed E-state index contributed by atoms with van der Waals surface area (Å²) in [6.07, 6.45) is 1.94. The lowest BCUT2D eigenvalue weighted by atomic mass is 10.00. The fourth-order valence-electron chi connectivity index (χ4n) is 2.21. The van der Waals surface area contributed by atoms with Crippen LogP contribution in [0, 0.1) is 11.8 Å². The second kappa shape index (κ2) is 11.3. The summed E-state index contributed by atoms with van der Waals surface area (Å²) in [4.78, 5) is 30.2. The number of carbonyl (C=O) groups excluding carboxylic acids is 2. The molecule has 2 amide bonds. The molecule has 0 aromatic carbocycles. The summed E-state index contributed by atoms with van der Waals surface area (Å²) in [5, 5.41) is 5.38. The molecule has 154 valence electrons. The molecule has 0 aliphatic carbocycles. The highest BCUT2D eigenvalue weighted by atomic mass is 35.6. The topological polar surface area (TPSA) is 62.3 Å². The molecule has 0 bridgehead atoms. The summed E-state index contributed by atoms with van der Waals surface area (Å²) >= 11 is 30.8. The molecule has 0 fully saturated rings. The maximum absolute atomic E-state index is 12.7. The highest BCUT2D eigenvalue weighted by molar-refractivity contribution is 7.09.